The number of likely N-dealkylation sites (tertiary alicyclic amines) is 1. The molecule has 0 radical (unpaired) electrons. The standard InChI is InChI=1S/C13H23NO3/c1-13(12(15)16)6-3-7-14(10-13)11-4-2-8-17-9-5-11/h11H,2-10H2,1H3,(H,15,16). The van der Waals surface area contributed by atoms with Crippen molar-refractivity contribution in [3.05, 3.63) is 0 Å². The van der Waals surface area contributed by atoms with E-state index in [1.807, 2.05) is 6.92 Å². The van der Waals surface area contributed by atoms with Gasteiger partial charge in [0, 0.05) is 25.8 Å². The number of rotatable bonds is 2. The maximum atomic E-state index is 11.3. The molecule has 98 valence electrons. The lowest BCUT2D eigenvalue weighted by molar-refractivity contribution is -0.151. The summed E-state index contributed by atoms with van der Waals surface area (Å²) < 4.78 is 5.47. The van der Waals surface area contributed by atoms with Crippen molar-refractivity contribution < 1.29 is 14.6 Å². The molecule has 2 rings (SSSR count). The minimum atomic E-state index is -0.646. The maximum Gasteiger partial charge on any atom is 0.310 e. The minimum absolute atomic E-state index is 0.525. The molecule has 2 aliphatic rings. The molecule has 2 aliphatic heterocycles. The summed E-state index contributed by atoms with van der Waals surface area (Å²) in [5.74, 6) is -0.646. The number of carbonyl (C=O) groups is 1. The summed E-state index contributed by atoms with van der Waals surface area (Å²) in [5.41, 5.74) is -0.550. The SMILES string of the molecule is CC1(C(=O)O)CCCN(C2CCCOCC2)C1. The van der Waals surface area contributed by atoms with Crippen LogP contribution in [0.2, 0.25) is 0 Å². The second-order valence-electron chi connectivity index (χ2n) is 5.64. The Balaban J connectivity index is 1.98. The van der Waals surface area contributed by atoms with Gasteiger partial charge < -0.3 is 9.84 Å². The molecule has 0 aromatic heterocycles. The summed E-state index contributed by atoms with van der Waals surface area (Å²) in [7, 11) is 0. The molecule has 2 saturated heterocycles. The van der Waals surface area contributed by atoms with Gasteiger partial charge in [0.1, 0.15) is 0 Å². The van der Waals surface area contributed by atoms with Crippen molar-refractivity contribution in [2.75, 3.05) is 26.3 Å². The van der Waals surface area contributed by atoms with Gasteiger partial charge in [0.2, 0.25) is 0 Å². The molecule has 1 N–H and O–H groups in total. The molecule has 0 aliphatic carbocycles. The summed E-state index contributed by atoms with van der Waals surface area (Å²) in [4.78, 5) is 13.7. The van der Waals surface area contributed by atoms with Crippen LogP contribution in [-0.4, -0.2) is 48.3 Å². The lowest BCUT2D eigenvalue weighted by Gasteiger charge is -2.41. The molecule has 0 amide bonds. The van der Waals surface area contributed by atoms with Crippen molar-refractivity contribution >= 4 is 5.97 Å². The van der Waals surface area contributed by atoms with Gasteiger partial charge in [-0.05, 0) is 45.6 Å². The largest absolute Gasteiger partial charge is 0.481 e. The zero-order valence-electron chi connectivity index (χ0n) is 10.7. The Hall–Kier alpha value is -0.610. The zero-order valence-corrected chi connectivity index (χ0v) is 10.7. The maximum absolute atomic E-state index is 11.3. The van der Waals surface area contributed by atoms with E-state index in [0.717, 1.165) is 51.9 Å². The first-order valence-corrected chi connectivity index (χ1v) is 6.67. The first-order valence-electron chi connectivity index (χ1n) is 6.67. The number of hydrogen-bond donors (Lipinski definition) is 1. The van der Waals surface area contributed by atoms with Gasteiger partial charge >= 0.3 is 5.97 Å². The van der Waals surface area contributed by atoms with Crippen LogP contribution in [0.25, 0.3) is 0 Å². The van der Waals surface area contributed by atoms with E-state index in [0.29, 0.717) is 12.6 Å². The highest BCUT2D eigenvalue weighted by molar-refractivity contribution is 5.74. The van der Waals surface area contributed by atoms with Crippen LogP contribution in [-0.2, 0) is 9.53 Å². The van der Waals surface area contributed by atoms with E-state index in [4.69, 9.17) is 4.74 Å². The van der Waals surface area contributed by atoms with Crippen LogP contribution in [0.3, 0.4) is 0 Å². The Morgan fingerprint density at radius 3 is 2.94 bits per heavy atom. The number of aliphatic carboxylic acids is 1. The van der Waals surface area contributed by atoms with Gasteiger partial charge in [-0.1, -0.05) is 0 Å². The monoisotopic (exact) mass is 241 g/mol. The van der Waals surface area contributed by atoms with Gasteiger partial charge in [0.25, 0.3) is 0 Å². The van der Waals surface area contributed by atoms with E-state index in [-0.39, 0.29) is 0 Å². The second kappa shape index (κ2) is 5.36. The third-order valence-electron chi connectivity index (χ3n) is 4.18. The molecule has 0 aromatic carbocycles. The molecule has 2 heterocycles. The molecule has 4 heteroatoms. The van der Waals surface area contributed by atoms with Crippen LogP contribution in [0.15, 0.2) is 0 Å². The van der Waals surface area contributed by atoms with Crippen molar-refractivity contribution in [1.82, 2.24) is 4.90 Å². The van der Waals surface area contributed by atoms with Crippen LogP contribution >= 0.6 is 0 Å². The minimum Gasteiger partial charge on any atom is -0.481 e. The van der Waals surface area contributed by atoms with Crippen molar-refractivity contribution in [2.24, 2.45) is 5.41 Å². The van der Waals surface area contributed by atoms with E-state index >= 15 is 0 Å². The number of hydrogen-bond acceptors (Lipinski definition) is 3. The highest BCUT2D eigenvalue weighted by atomic mass is 16.5. The lowest BCUT2D eigenvalue weighted by Crippen LogP contribution is -2.50. The average Bonchev–Trinajstić information content (AvgIpc) is 2.57. The smallest absolute Gasteiger partial charge is 0.310 e. The lowest BCUT2D eigenvalue weighted by atomic mass is 9.81. The van der Waals surface area contributed by atoms with Crippen LogP contribution in [0.4, 0.5) is 0 Å². The highest BCUT2D eigenvalue weighted by Gasteiger charge is 2.39. The Labute approximate surface area is 103 Å². The predicted octanol–water partition coefficient (Wildman–Crippen LogP) is 1.74. The summed E-state index contributed by atoms with van der Waals surface area (Å²) in [6, 6.07) is 0.525. The summed E-state index contributed by atoms with van der Waals surface area (Å²) >= 11 is 0. The number of carboxylic acid groups (broad SMARTS) is 1. The van der Waals surface area contributed by atoms with Gasteiger partial charge in [-0.3, -0.25) is 9.69 Å². The van der Waals surface area contributed by atoms with Gasteiger partial charge in [-0.25, -0.2) is 0 Å². The first kappa shape index (κ1) is 12.8. The first-order chi connectivity index (χ1) is 8.12. The second-order valence-corrected chi connectivity index (χ2v) is 5.64. The Morgan fingerprint density at radius 1 is 1.35 bits per heavy atom. The fourth-order valence-corrected chi connectivity index (χ4v) is 3.02. The molecule has 4 nitrogen and oxygen atoms in total. The molecular formula is C13H23NO3. The third-order valence-corrected chi connectivity index (χ3v) is 4.18. The highest BCUT2D eigenvalue weighted by Crippen LogP contribution is 2.32. The van der Waals surface area contributed by atoms with Crippen molar-refractivity contribution in [3.8, 4) is 0 Å². The molecule has 0 spiro atoms. The summed E-state index contributed by atoms with van der Waals surface area (Å²) in [6.07, 6.45) is 5.11. The van der Waals surface area contributed by atoms with Crippen LogP contribution in [0.1, 0.15) is 39.0 Å². The third kappa shape index (κ3) is 2.99. The molecular weight excluding hydrogens is 218 g/mol. The summed E-state index contributed by atoms with van der Waals surface area (Å²) in [5, 5.41) is 9.32. The number of carboxylic acids is 1. The Kier molecular flexibility index (Phi) is 4.05. The van der Waals surface area contributed by atoms with Crippen molar-refractivity contribution in [2.45, 2.75) is 45.1 Å². The van der Waals surface area contributed by atoms with Gasteiger partial charge in [-0.15, -0.1) is 0 Å². The Morgan fingerprint density at radius 2 is 2.18 bits per heavy atom. The van der Waals surface area contributed by atoms with E-state index in [9.17, 15) is 9.90 Å². The van der Waals surface area contributed by atoms with E-state index < -0.39 is 11.4 Å². The fourth-order valence-electron chi connectivity index (χ4n) is 3.02. The normalized spacial score (nSPS) is 36.4. The molecule has 0 aromatic rings. The van der Waals surface area contributed by atoms with Crippen molar-refractivity contribution in [3.63, 3.8) is 0 Å². The predicted molar refractivity (Wildman–Crippen MR) is 65.0 cm³/mol. The number of nitrogens with zero attached hydrogens (tertiary/aromatic N) is 1. The van der Waals surface area contributed by atoms with E-state index in [2.05, 4.69) is 4.90 Å². The zero-order chi connectivity index (χ0) is 12.3. The quantitative estimate of drug-likeness (QED) is 0.800. The molecule has 17 heavy (non-hydrogen) atoms. The van der Waals surface area contributed by atoms with Crippen molar-refractivity contribution in [1.29, 1.82) is 0 Å². The number of piperidine rings is 1. The van der Waals surface area contributed by atoms with Gasteiger partial charge in [0.15, 0.2) is 0 Å². The van der Waals surface area contributed by atoms with E-state index in [1.54, 1.807) is 0 Å². The van der Waals surface area contributed by atoms with Crippen LogP contribution in [0, 0.1) is 5.41 Å². The molecule has 2 fully saturated rings. The van der Waals surface area contributed by atoms with E-state index in [1.165, 1.54) is 0 Å². The summed E-state index contributed by atoms with van der Waals surface area (Å²) in [6.45, 7) is 5.32. The average molecular weight is 241 g/mol. The molecule has 0 bridgehead atoms. The molecule has 2 unspecified atom stereocenters. The van der Waals surface area contributed by atoms with Gasteiger partial charge in [0.05, 0.1) is 5.41 Å². The molecule has 0 saturated carbocycles. The number of ether oxygens (including phenoxy) is 1. The van der Waals surface area contributed by atoms with Gasteiger partial charge in [-0.2, -0.15) is 0 Å². The van der Waals surface area contributed by atoms with Crippen LogP contribution < -0.4 is 0 Å². The Bertz CT molecular complexity index is 274. The topological polar surface area (TPSA) is 49.8 Å². The van der Waals surface area contributed by atoms with Crippen LogP contribution in [0.5, 0.6) is 0 Å². The fraction of sp³-hybridized carbons (Fsp3) is 0.923. The molecule has 2 atom stereocenters.